The minimum absolute atomic E-state index is 0.151. The van der Waals surface area contributed by atoms with Crippen LogP contribution < -0.4 is 5.32 Å². The first kappa shape index (κ1) is 21.0. The second-order valence-corrected chi connectivity index (χ2v) is 9.48. The number of aromatic nitrogens is 1. The first-order chi connectivity index (χ1) is 13.4. The third-order valence-corrected chi connectivity index (χ3v) is 7.19. The van der Waals surface area contributed by atoms with Gasteiger partial charge in [0.1, 0.15) is 0 Å². The number of carbonyl (C=O) groups is 1. The van der Waals surface area contributed by atoms with Gasteiger partial charge < -0.3 is 5.32 Å². The van der Waals surface area contributed by atoms with E-state index in [1.807, 2.05) is 12.1 Å². The number of carbonyl (C=O) groups excluding carboxylic acids is 1. The van der Waals surface area contributed by atoms with Crippen molar-refractivity contribution in [1.82, 2.24) is 14.6 Å². The number of amides is 1. The molecule has 0 bridgehead atoms. The Labute approximate surface area is 174 Å². The molecule has 0 spiro atoms. The molecule has 1 N–H and O–H groups in total. The molecule has 1 amide bonds. The van der Waals surface area contributed by atoms with E-state index in [0.29, 0.717) is 41.5 Å². The first-order valence-corrected chi connectivity index (χ1v) is 11.3. The summed E-state index contributed by atoms with van der Waals surface area (Å²) in [7, 11) is -3.64. The zero-order valence-electron chi connectivity index (χ0n) is 15.1. The number of nitrogens with one attached hydrogen (secondary N) is 1. The van der Waals surface area contributed by atoms with Gasteiger partial charge in [0.2, 0.25) is 15.9 Å². The van der Waals surface area contributed by atoms with Crippen LogP contribution in [0, 0.1) is 5.92 Å². The SMILES string of the molecule is O=C(NCc1ccccn1)[C@H]1CCCN(S(=O)(=O)Cc2c(Cl)cccc2Cl)C1. The van der Waals surface area contributed by atoms with Crippen molar-refractivity contribution in [3.63, 3.8) is 0 Å². The van der Waals surface area contributed by atoms with Gasteiger partial charge in [-0.25, -0.2) is 12.7 Å². The maximum atomic E-state index is 12.9. The molecule has 1 atom stereocenters. The van der Waals surface area contributed by atoms with Crippen molar-refractivity contribution in [2.75, 3.05) is 13.1 Å². The Morgan fingerprint density at radius 2 is 1.93 bits per heavy atom. The number of pyridine rings is 1. The van der Waals surface area contributed by atoms with Crippen molar-refractivity contribution < 1.29 is 13.2 Å². The average Bonchev–Trinajstić information content (AvgIpc) is 2.70. The molecule has 3 rings (SSSR count). The van der Waals surface area contributed by atoms with Crippen LogP contribution in [0.1, 0.15) is 24.1 Å². The minimum atomic E-state index is -3.64. The second kappa shape index (κ2) is 9.22. The summed E-state index contributed by atoms with van der Waals surface area (Å²) in [6.45, 7) is 0.852. The van der Waals surface area contributed by atoms with Crippen molar-refractivity contribution in [1.29, 1.82) is 0 Å². The van der Waals surface area contributed by atoms with E-state index in [1.165, 1.54) is 4.31 Å². The van der Waals surface area contributed by atoms with Crippen LogP contribution >= 0.6 is 23.2 Å². The lowest BCUT2D eigenvalue weighted by Crippen LogP contribution is -2.45. The number of benzene rings is 1. The number of nitrogens with zero attached hydrogens (tertiary/aromatic N) is 2. The lowest BCUT2D eigenvalue weighted by molar-refractivity contribution is -0.126. The summed E-state index contributed by atoms with van der Waals surface area (Å²) in [5.74, 6) is -0.844. The predicted octanol–water partition coefficient (Wildman–Crippen LogP) is 3.25. The molecule has 1 aromatic heterocycles. The van der Waals surface area contributed by atoms with Gasteiger partial charge >= 0.3 is 0 Å². The molecule has 1 fully saturated rings. The monoisotopic (exact) mass is 441 g/mol. The van der Waals surface area contributed by atoms with Crippen molar-refractivity contribution in [2.45, 2.75) is 25.1 Å². The highest BCUT2D eigenvalue weighted by Gasteiger charge is 2.33. The van der Waals surface area contributed by atoms with Crippen molar-refractivity contribution in [3.8, 4) is 0 Å². The summed E-state index contributed by atoms with van der Waals surface area (Å²) in [4.78, 5) is 16.7. The van der Waals surface area contributed by atoms with E-state index in [0.717, 1.165) is 5.69 Å². The molecule has 0 saturated carbocycles. The molecule has 1 aliphatic heterocycles. The Bertz CT molecular complexity index is 918. The van der Waals surface area contributed by atoms with Gasteiger partial charge in [0.05, 0.1) is 23.9 Å². The number of rotatable bonds is 6. The average molecular weight is 442 g/mol. The zero-order valence-corrected chi connectivity index (χ0v) is 17.5. The Morgan fingerprint density at radius 3 is 2.61 bits per heavy atom. The number of sulfonamides is 1. The fraction of sp³-hybridized carbons (Fsp3) is 0.368. The lowest BCUT2D eigenvalue weighted by Gasteiger charge is -2.31. The molecule has 28 heavy (non-hydrogen) atoms. The molecule has 0 aliphatic carbocycles. The largest absolute Gasteiger partial charge is 0.350 e. The van der Waals surface area contributed by atoms with Gasteiger partial charge in [-0.05, 0) is 37.1 Å². The molecular weight excluding hydrogens is 421 g/mol. The fourth-order valence-electron chi connectivity index (χ4n) is 3.18. The first-order valence-electron chi connectivity index (χ1n) is 8.95. The molecule has 1 aromatic carbocycles. The minimum Gasteiger partial charge on any atom is -0.350 e. The number of halogens is 2. The van der Waals surface area contributed by atoms with Gasteiger partial charge in [0.15, 0.2) is 0 Å². The van der Waals surface area contributed by atoms with E-state index in [-0.39, 0.29) is 18.2 Å². The summed E-state index contributed by atoms with van der Waals surface area (Å²) in [5, 5.41) is 3.48. The summed E-state index contributed by atoms with van der Waals surface area (Å²) >= 11 is 12.2. The molecule has 2 aromatic rings. The number of piperidine rings is 1. The van der Waals surface area contributed by atoms with Gasteiger partial charge in [0.25, 0.3) is 0 Å². The number of hydrogen-bond acceptors (Lipinski definition) is 4. The maximum absolute atomic E-state index is 12.9. The maximum Gasteiger partial charge on any atom is 0.224 e. The van der Waals surface area contributed by atoms with E-state index >= 15 is 0 Å². The third-order valence-electron chi connectivity index (χ3n) is 4.71. The molecular formula is C19H21Cl2N3O3S. The third kappa shape index (κ3) is 5.23. The summed E-state index contributed by atoms with van der Waals surface area (Å²) < 4.78 is 27.1. The van der Waals surface area contributed by atoms with Crippen LogP contribution in [0.5, 0.6) is 0 Å². The Balaban J connectivity index is 1.64. The zero-order chi connectivity index (χ0) is 20.1. The van der Waals surface area contributed by atoms with E-state index in [4.69, 9.17) is 23.2 Å². The van der Waals surface area contributed by atoms with Gasteiger partial charge in [-0.1, -0.05) is 35.3 Å². The lowest BCUT2D eigenvalue weighted by atomic mass is 9.99. The standard InChI is InChI=1S/C19H21Cl2N3O3S/c20-17-7-3-8-18(21)16(17)13-28(26,27)24-10-4-5-14(12-24)19(25)23-11-15-6-1-2-9-22-15/h1-3,6-9,14H,4-5,10-13H2,(H,23,25)/t14-/m0/s1. The molecule has 1 saturated heterocycles. The van der Waals surface area contributed by atoms with Gasteiger partial charge in [-0.15, -0.1) is 0 Å². The smallest absolute Gasteiger partial charge is 0.224 e. The molecule has 0 radical (unpaired) electrons. The van der Waals surface area contributed by atoms with Gasteiger partial charge in [0, 0.05) is 34.9 Å². The quantitative estimate of drug-likeness (QED) is 0.745. The topological polar surface area (TPSA) is 79.4 Å². The predicted molar refractivity (Wildman–Crippen MR) is 109 cm³/mol. The molecule has 0 unspecified atom stereocenters. The van der Waals surface area contributed by atoms with Crippen LogP contribution in [0.2, 0.25) is 10.0 Å². The van der Waals surface area contributed by atoms with Gasteiger partial charge in [-0.3, -0.25) is 9.78 Å². The summed E-state index contributed by atoms with van der Waals surface area (Å²) in [5.41, 5.74) is 1.14. The molecule has 1 aliphatic rings. The van der Waals surface area contributed by atoms with Crippen LogP contribution in [0.3, 0.4) is 0 Å². The number of hydrogen-bond donors (Lipinski definition) is 1. The second-order valence-electron chi connectivity index (χ2n) is 6.69. The van der Waals surface area contributed by atoms with Crippen LogP contribution in [0.25, 0.3) is 0 Å². The highest BCUT2D eigenvalue weighted by atomic mass is 35.5. The van der Waals surface area contributed by atoms with E-state index in [1.54, 1.807) is 30.5 Å². The van der Waals surface area contributed by atoms with E-state index < -0.39 is 15.9 Å². The highest BCUT2D eigenvalue weighted by Crippen LogP contribution is 2.29. The molecule has 150 valence electrons. The van der Waals surface area contributed by atoms with E-state index in [9.17, 15) is 13.2 Å². The molecule has 6 nitrogen and oxygen atoms in total. The highest BCUT2D eigenvalue weighted by molar-refractivity contribution is 7.88. The Morgan fingerprint density at radius 1 is 1.18 bits per heavy atom. The van der Waals surface area contributed by atoms with E-state index in [2.05, 4.69) is 10.3 Å². The van der Waals surface area contributed by atoms with Crippen LogP contribution in [0.15, 0.2) is 42.6 Å². The molecule has 9 heteroatoms. The van der Waals surface area contributed by atoms with Crippen molar-refractivity contribution in [3.05, 3.63) is 63.9 Å². The van der Waals surface area contributed by atoms with Gasteiger partial charge in [-0.2, -0.15) is 0 Å². The van der Waals surface area contributed by atoms with Crippen molar-refractivity contribution >= 4 is 39.1 Å². The Hall–Kier alpha value is -1.67. The molecule has 2 heterocycles. The van der Waals surface area contributed by atoms with Crippen molar-refractivity contribution in [2.24, 2.45) is 5.92 Å². The summed E-state index contributed by atoms with van der Waals surface area (Å²) in [6.07, 6.45) is 2.93. The van der Waals surface area contributed by atoms with Crippen LogP contribution in [-0.2, 0) is 27.1 Å². The Kier molecular flexibility index (Phi) is 6.93. The van der Waals surface area contributed by atoms with Crippen LogP contribution in [-0.4, -0.2) is 36.7 Å². The normalized spacial score (nSPS) is 18.0. The fourth-order valence-corrected chi connectivity index (χ4v) is 5.54. The van der Waals surface area contributed by atoms with Crippen LogP contribution in [0.4, 0.5) is 0 Å². The summed E-state index contributed by atoms with van der Waals surface area (Å²) in [6, 6.07) is 10.4.